The third-order valence-corrected chi connectivity index (χ3v) is 2.74. The van der Waals surface area contributed by atoms with E-state index < -0.39 is 11.4 Å². The van der Waals surface area contributed by atoms with Crippen LogP contribution >= 0.6 is 0 Å². The quantitative estimate of drug-likeness (QED) is 0.295. The van der Waals surface area contributed by atoms with Crippen molar-refractivity contribution in [2.75, 3.05) is 6.54 Å². The minimum absolute atomic E-state index is 0.275. The molecule has 7 nitrogen and oxygen atoms in total. The number of nitrogens with zero attached hydrogens (tertiary/aromatic N) is 3. The number of H-pyrrole nitrogens is 1. The number of hydrogen-bond acceptors (Lipinski definition) is 3. The largest absolute Gasteiger partial charge is 0.477 e. The van der Waals surface area contributed by atoms with Crippen molar-refractivity contribution in [2.45, 2.75) is 6.42 Å². The van der Waals surface area contributed by atoms with Crippen LogP contribution in [-0.4, -0.2) is 22.6 Å². The first-order valence-electron chi connectivity index (χ1n) is 6.02. The average molecular weight is 282 g/mol. The van der Waals surface area contributed by atoms with Crippen LogP contribution in [0.4, 0.5) is 0 Å². The van der Waals surface area contributed by atoms with Gasteiger partial charge in [0.15, 0.2) is 0 Å². The van der Waals surface area contributed by atoms with Crippen LogP contribution in [0.25, 0.3) is 21.3 Å². The monoisotopic (exact) mass is 282 g/mol. The van der Waals surface area contributed by atoms with Crippen LogP contribution in [0.1, 0.15) is 22.3 Å². The molecule has 0 aliphatic rings. The smallest absolute Gasteiger partial charge is 0.341 e. The molecule has 1 heterocycles. The number of nitrogens with one attached hydrogen (secondary N) is 1. The number of aromatic carboxylic acids is 1. The fraction of sp³-hybridized carbons (Fsp3) is 0.143. The number of hydrogen-bond donors (Lipinski definition) is 2. The van der Waals surface area contributed by atoms with Gasteiger partial charge in [-0.05, 0) is 23.7 Å². The van der Waals surface area contributed by atoms with Crippen LogP contribution < -0.4 is 5.43 Å². The lowest BCUT2D eigenvalue weighted by molar-refractivity contribution is 0.0695. The highest BCUT2D eigenvalue weighted by molar-refractivity contribution is 5.92. The number of carboxylic acid groups (broad SMARTS) is 1. The summed E-state index contributed by atoms with van der Waals surface area (Å²) in [6, 6.07) is 4.93. The van der Waals surface area contributed by atoms with Crippen molar-refractivity contribution >= 4 is 16.9 Å². The summed E-state index contributed by atoms with van der Waals surface area (Å²) in [6.07, 6.45) is 1.59. The van der Waals surface area contributed by atoms with Gasteiger partial charge >= 0.3 is 5.97 Å². The fourth-order valence-electron chi connectivity index (χ4n) is 1.77. The van der Waals surface area contributed by atoms with Gasteiger partial charge in [-0.3, -0.25) is 4.79 Å². The zero-order valence-electron chi connectivity index (χ0n) is 10.8. The molecule has 0 unspecified atom stereocenters. The van der Waals surface area contributed by atoms with Crippen molar-refractivity contribution < 1.29 is 9.90 Å². The second kappa shape index (κ2) is 6.28. The van der Waals surface area contributed by atoms with Crippen molar-refractivity contribution in [3.63, 3.8) is 0 Å². The lowest BCUT2D eigenvalue weighted by Crippen LogP contribution is -2.15. The second-order valence-electron chi connectivity index (χ2n) is 4.10. The van der Waals surface area contributed by atoms with E-state index in [9.17, 15) is 9.59 Å². The van der Waals surface area contributed by atoms with Gasteiger partial charge in [-0.1, -0.05) is 17.0 Å². The SMILES string of the molecule is [N-]=[N+]=NCCC#Cc1ccc2[nH]cc(C(=O)O)c(=O)c2c1. The minimum atomic E-state index is -1.27. The zero-order chi connectivity index (χ0) is 15.2. The minimum Gasteiger partial charge on any atom is -0.477 e. The summed E-state index contributed by atoms with van der Waals surface area (Å²) >= 11 is 0. The Bertz CT molecular complexity index is 867. The number of benzene rings is 1. The Morgan fingerprint density at radius 2 is 2.29 bits per heavy atom. The molecular formula is C14H10N4O3. The highest BCUT2D eigenvalue weighted by atomic mass is 16.4. The molecule has 21 heavy (non-hydrogen) atoms. The van der Waals surface area contributed by atoms with E-state index in [0.29, 0.717) is 17.5 Å². The van der Waals surface area contributed by atoms with Crippen LogP contribution in [0.2, 0.25) is 0 Å². The van der Waals surface area contributed by atoms with Gasteiger partial charge in [0.1, 0.15) is 5.56 Å². The first-order valence-corrected chi connectivity index (χ1v) is 6.02. The Hall–Kier alpha value is -3.23. The van der Waals surface area contributed by atoms with Crippen LogP contribution in [0, 0.1) is 11.8 Å². The first-order chi connectivity index (χ1) is 10.1. The zero-order valence-corrected chi connectivity index (χ0v) is 10.8. The van der Waals surface area contributed by atoms with Crippen LogP contribution in [-0.2, 0) is 0 Å². The molecule has 0 saturated heterocycles. The molecule has 0 bridgehead atoms. The third-order valence-electron chi connectivity index (χ3n) is 2.74. The summed E-state index contributed by atoms with van der Waals surface area (Å²) in [5.74, 6) is 4.38. The standard InChI is InChI=1S/C14H10N4O3/c15-18-17-6-2-1-3-9-4-5-12-10(7-9)13(19)11(8-16-12)14(20)21/h4-5,7-8H,2,6H2,(H,16,19)(H,20,21). The maximum Gasteiger partial charge on any atom is 0.341 e. The summed E-state index contributed by atoms with van der Waals surface area (Å²) in [4.78, 5) is 28.4. The Balaban J connectivity index is 2.40. The Morgan fingerprint density at radius 1 is 1.48 bits per heavy atom. The van der Waals surface area contributed by atoms with E-state index in [4.69, 9.17) is 10.6 Å². The number of rotatable bonds is 3. The number of azide groups is 1. The van der Waals surface area contributed by atoms with Crippen molar-refractivity contribution in [1.82, 2.24) is 4.98 Å². The summed E-state index contributed by atoms with van der Waals surface area (Å²) in [5.41, 5.74) is 8.41. The molecule has 1 aromatic carbocycles. The molecule has 0 aliphatic heterocycles. The van der Waals surface area contributed by atoms with Gasteiger partial charge in [-0.15, -0.1) is 0 Å². The first kappa shape index (κ1) is 14.2. The van der Waals surface area contributed by atoms with Gasteiger partial charge in [-0.2, -0.15) is 0 Å². The van der Waals surface area contributed by atoms with Gasteiger partial charge in [0.2, 0.25) is 5.43 Å². The van der Waals surface area contributed by atoms with E-state index >= 15 is 0 Å². The van der Waals surface area contributed by atoms with Gasteiger partial charge < -0.3 is 10.1 Å². The molecule has 0 spiro atoms. The predicted molar refractivity (Wildman–Crippen MR) is 77.0 cm³/mol. The Morgan fingerprint density at radius 3 is 3.00 bits per heavy atom. The predicted octanol–water partition coefficient (Wildman–Crippen LogP) is 2.28. The maximum atomic E-state index is 12.0. The summed E-state index contributed by atoms with van der Waals surface area (Å²) in [7, 11) is 0. The van der Waals surface area contributed by atoms with E-state index in [1.54, 1.807) is 18.2 Å². The average Bonchev–Trinajstić information content (AvgIpc) is 2.47. The van der Waals surface area contributed by atoms with Crippen molar-refractivity contribution in [3.05, 3.63) is 56.2 Å². The fourth-order valence-corrected chi connectivity index (χ4v) is 1.77. The lowest BCUT2D eigenvalue weighted by atomic mass is 10.1. The maximum absolute atomic E-state index is 12.0. The van der Waals surface area contributed by atoms with E-state index in [1.807, 2.05) is 0 Å². The molecular weight excluding hydrogens is 272 g/mol. The van der Waals surface area contributed by atoms with Gasteiger partial charge in [-0.25, -0.2) is 4.79 Å². The molecule has 2 N–H and O–H groups in total. The number of pyridine rings is 1. The molecule has 0 aliphatic carbocycles. The summed E-state index contributed by atoms with van der Waals surface area (Å²) in [5, 5.41) is 12.6. The topological polar surface area (TPSA) is 119 Å². The molecule has 1 aromatic heterocycles. The van der Waals surface area contributed by atoms with E-state index in [2.05, 4.69) is 26.9 Å². The van der Waals surface area contributed by atoms with Crippen LogP contribution in [0.15, 0.2) is 34.3 Å². The van der Waals surface area contributed by atoms with Crippen molar-refractivity contribution in [3.8, 4) is 11.8 Å². The van der Waals surface area contributed by atoms with Gasteiger partial charge in [0.05, 0.1) is 0 Å². The molecule has 0 radical (unpaired) electrons. The molecule has 0 saturated carbocycles. The summed E-state index contributed by atoms with van der Waals surface area (Å²) in [6.45, 7) is 0.279. The molecule has 0 amide bonds. The number of aromatic nitrogens is 1. The van der Waals surface area contributed by atoms with Crippen molar-refractivity contribution in [2.24, 2.45) is 5.11 Å². The highest BCUT2D eigenvalue weighted by Crippen LogP contribution is 2.10. The number of fused-ring (bicyclic) bond motifs is 1. The van der Waals surface area contributed by atoms with Crippen LogP contribution in [0.3, 0.4) is 0 Å². The molecule has 2 aromatic rings. The van der Waals surface area contributed by atoms with Crippen molar-refractivity contribution in [1.29, 1.82) is 0 Å². The third kappa shape index (κ3) is 3.21. The molecule has 0 fully saturated rings. The number of aromatic amines is 1. The van der Waals surface area contributed by atoms with E-state index in [1.165, 1.54) is 6.20 Å². The Kier molecular flexibility index (Phi) is 4.24. The molecule has 2 rings (SSSR count). The number of carboxylic acids is 1. The molecule has 104 valence electrons. The van der Waals surface area contributed by atoms with E-state index in [0.717, 1.165) is 0 Å². The summed E-state index contributed by atoms with van der Waals surface area (Å²) < 4.78 is 0. The molecule has 7 heteroatoms. The highest BCUT2D eigenvalue weighted by Gasteiger charge is 2.11. The number of carbonyl (C=O) groups is 1. The normalized spacial score (nSPS) is 9.52. The Labute approximate surface area is 118 Å². The second-order valence-corrected chi connectivity index (χ2v) is 4.10. The van der Waals surface area contributed by atoms with Gasteiger partial charge in [0, 0.05) is 40.5 Å². The van der Waals surface area contributed by atoms with Crippen LogP contribution in [0.5, 0.6) is 0 Å². The van der Waals surface area contributed by atoms with Gasteiger partial charge in [0.25, 0.3) is 0 Å². The molecule has 0 atom stereocenters. The van der Waals surface area contributed by atoms with E-state index in [-0.39, 0.29) is 17.5 Å². The lowest BCUT2D eigenvalue weighted by Gasteiger charge is -2.00.